The second-order valence-corrected chi connectivity index (χ2v) is 9.44. The van der Waals surface area contributed by atoms with E-state index in [-0.39, 0.29) is 12.4 Å². The molecule has 3 aromatic rings. The Kier molecular flexibility index (Phi) is 8.01. The van der Waals surface area contributed by atoms with Crippen LogP contribution in [-0.2, 0) is 9.47 Å². The highest BCUT2D eigenvalue weighted by Crippen LogP contribution is 2.33. The molecular weight excluding hydrogens is 551 g/mol. The number of aromatic nitrogens is 3. The molecule has 2 heterocycles. The Labute approximate surface area is 239 Å². The molecule has 0 spiro atoms. The van der Waals surface area contributed by atoms with Crippen LogP contribution in [0.4, 0.5) is 24.5 Å². The number of hydrogen-bond acceptors (Lipinski definition) is 8. The van der Waals surface area contributed by atoms with Gasteiger partial charge in [0, 0.05) is 26.1 Å². The summed E-state index contributed by atoms with van der Waals surface area (Å²) >= 11 is 0. The number of hydrogen-bond donors (Lipinski definition) is 1. The third kappa shape index (κ3) is 6.14. The second-order valence-electron chi connectivity index (χ2n) is 9.44. The number of fused-ring (bicyclic) bond motifs is 2. The molecule has 2 aromatic carbocycles. The molecule has 0 radical (unpaired) electrons. The summed E-state index contributed by atoms with van der Waals surface area (Å²) < 4.78 is 60.9. The fourth-order valence-electron chi connectivity index (χ4n) is 4.56. The van der Waals surface area contributed by atoms with E-state index in [1.807, 2.05) is 47.0 Å². The summed E-state index contributed by atoms with van der Waals surface area (Å²) in [4.78, 5) is 14.1. The summed E-state index contributed by atoms with van der Waals surface area (Å²) in [6, 6.07) is 20.4. The molecule has 1 unspecified atom stereocenters. The van der Waals surface area contributed by atoms with Crippen LogP contribution in [0.3, 0.4) is 0 Å². The lowest BCUT2D eigenvalue weighted by molar-refractivity contribution is -0.274. The second kappa shape index (κ2) is 11.7. The number of anilines is 2. The van der Waals surface area contributed by atoms with E-state index >= 15 is 0 Å². The maximum atomic E-state index is 12.8. The van der Waals surface area contributed by atoms with Gasteiger partial charge in [0.05, 0.1) is 47.2 Å². The Bertz CT molecular complexity index is 1740. The quantitative estimate of drug-likeness (QED) is 0.212. The molecule has 0 saturated heterocycles. The number of alkyl halides is 3. The molecule has 1 N–H and O–H groups in total. The smallest absolute Gasteiger partial charge is 0.480 e. The SMILES string of the molecule is COCC(C)(/N=c1\cc2n(-c3ccc(OC(F)(F)F)cc3)c3ccccc3nc-2cc1Nc1cccnc1OC)OC. The molecule has 0 fully saturated rings. The molecule has 0 saturated carbocycles. The standard InChI is InChI=1S/C30H28F3N5O4/c1-29(41-4,18-39-2)37-24-17-27-25(16-23(24)36-22-9-7-15-34-28(22)40-3)35-21-8-5-6-10-26(21)38(27)19-11-13-20(14-12-19)42-30(31,32)33/h5-17,36H,18H2,1-4H3/b37-24+. The molecule has 12 heteroatoms. The molecule has 1 aliphatic carbocycles. The Hall–Kier alpha value is -4.68. The van der Waals surface area contributed by atoms with Gasteiger partial charge >= 0.3 is 6.36 Å². The molecule has 2 aliphatic rings. The van der Waals surface area contributed by atoms with Crippen molar-refractivity contribution in [1.82, 2.24) is 14.5 Å². The number of nitrogens with one attached hydrogen (secondary N) is 1. The monoisotopic (exact) mass is 579 g/mol. The van der Waals surface area contributed by atoms with E-state index in [0.717, 1.165) is 5.52 Å². The van der Waals surface area contributed by atoms with E-state index in [1.54, 1.807) is 45.5 Å². The highest BCUT2D eigenvalue weighted by molar-refractivity contribution is 5.84. The molecular formula is C30H28F3N5O4. The molecule has 1 atom stereocenters. The van der Waals surface area contributed by atoms with Gasteiger partial charge in [-0.1, -0.05) is 12.1 Å². The van der Waals surface area contributed by atoms with Gasteiger partial charge in [-0.2, -0.15) is 0 Å². The summed E-state index contributed by atoms with van der Waals surface area (Å²) in [5, 5.41) is 3.87. The lowest BCUT2D eigenvalue weighted by Gasteiger charge is -2.24. The number of halogens is 3. The topological polar surface area (TPSA) is 92.0 Å². The van der Waals surface area contributed by atoms with Gasteiger partial charge in [-0.15, -0.1) is 13.2 Å². The Morgan fingerprint density at radius 1 is 0.929 bits per heavy atom. The van der Waals surface area contributed by atoms with Crippen molar-refractivity contribution in [2.24, 2.45) is 4.99 Å². The highest BCUT2D eigenvalue weighted by atomic mass is 19.4. The van der Waals surface area contributed by atoms with Crippen LogP contribution in [0, 0.1) is 0 Å². The average Bonchev–Trinajstić information content (AvgIpc) is 2.96. The van der Waals surface area contributed by atoms with E-state index in [1.165, 1.54) is 19.2 Å². The number of pyridine rings is 1. The van der Waals surface area contributed by atoms with Gasteiger partial charge in [0.2, 0.25) is 5.88 Å². The van der Waals surface area contributed by atoms with Gasteiger partial charge in [-0.25, -0.2) is 15.0 Å². The summed E-state index contributed by atoms with van der Waals surface area (Å²) in [5.74, 6) is 0.0650. The molecule has 0 bridgehead atoms. The Morgan fingerprint density at radius 2 is 1.69 bits per heavy atom. The van der Waals surface area contributed by atoms with Crippen LogP contribution in [0.15, 0.2) is 84.0 Å². The van der Waals surface area contributed by atoms with Crippen molar-refractivity contribution in [2.75, 3.05) is 33.3 Å². The molecule has 42 heavy (non-hydrogen) atoms. The maximum Gasteiger partial charge on any atom is 0.573 e. The van der Waals surface area contributed by atoms with E-state index < -0.39 is 12.1 Å². The van der Waals surface area contributed by atoms with Crippen LogP contribution in [-0.4, -0.2) is 54.6 Å². The van der Waals surface area contributed by atoms with Crippen molar-refractivity contribution in [3.63, 3.8) is 0 Å². The highest BCUT2D eigenvalue weighted by Gasteiger charge is 2.31. The first kappa shape index (κ1) is 28.8. The summed E-state index contributed by atoms with van der Waals surface area (Å²) in [6.07, 6.45) is -3.17. The van der Waals surface area contributed by atoms with Gasteiger partial charge < -0.3 is 28.8 Å². The van der Waals surface area contributed by atoms with E-state index in [4.69, 9.17) is 24.2 Å². The summed E-state index contributed by atoms with van der Waals surface area (Å²) in [7, 11) is 4.63. The van der Waals surface area contributed by atoms with Crippen molar-refractivity contribution in [2.45, 2.75) is 19.0 Å². The van der Waals surface area contributed by atoms with Crippen molar-refractivity contribution in [3.05, 3.63) is 84.4 Å². The normalized spacial score (nSPS) is 13.7. The van der Waals surface area contributed by atoms with E-state index in [2.05, 4.69) is 15.0 Å². The number of para-hydroxylation sites is 2. The maximum absolute atomic E-state index is 12.8. The minimum Gasteiger partial charge on any atom is -0.480 e. The molecule has 218 valence electrons. The van der Waals surface area contributed by atoms with Gasteiger partial charge in [-0.3, -0.25) is 0 Å². The molecule has 5 rings (SSSR count). The first-order valence-electron chi connectivity index (χ1n) is 12.8. The van der Waals surface area contributed by atoms with Crippen LogP contribution in [0.1, 0.15) is 6.92 Å². The zero-order valence-corrected chi connectivity index (χ0v) is 23.3. The first-order chi connectivity index (χ1) is 20.1. The van der Waals surface area contributed by atoms with E-state index in [9.17, 15) is 13.2 Å². The number of ether oxygens (including phenoxy) is 4. The van der Waals surface area contributed by atoms with Gasteiger partial charge in [0.1, 0.15) is 11.4 Å². The van der Waals surface area contributed by atoms with Crippen molar-refractivity contribution in [1.29, 1.82) is 0 Å². The van der Waals surface area contributed by atoms with Gasteiger partial charge in [0.15, 0.2) is 5.72 Å². The molecule has 1 aliphatic heterocycles. The lowest BCUT2D eigenvalue weighted by Crippen LogP contribution is -2.33. The molecule has 0 amide bonds. The van der Waals surface area contributed by atoms with Crippen molar-refractivity contribution >= 4 is 22.4 Å². The zero-order chi connectivity index (χ0) is 29.9. The van der Waals surface area contributed by atoms with Crippen molar-refractivity contribution in [3.8, 4) is 28.7 Å². The molecule has 1 aromatic heterocycles. The van der Waals surface area contributed by atoms with Crippen molar-refractivity contribution < 1.29 is 32.1 Å². The predicted molar refractivity (Wildman–Crippen MR) is 151 cm³/mol. The molecule has 9 nitrogen and oxygen atoms in total. The number of methoxy groups -OCH3 is 3. The van der Waals surface area contributed by atoms with Crippen LogP contribution in [0.5, 0.6) is 11.6 Å². The summed E-state index contributed by atoms with van der Waals surface area (Å²) in [6.45, 7) is 1.97. The average molecular weight is 580 g/mol. The summed E-state index contributed by atoms with van der Waals surface area (Å²) in [5.41, 5.74) is 3.42. The fourth-order valence-corrected chi connectivity index (χ4v) is 4.56. The Morgan fingerprint density at radius 3 is 2.38 bits per heavy atom. The van der Waals surface area contributed by atoms with Crippen LogP contribution >= 0.6 is 0 Å². The zero-order valence-electron chi connectivity index (χ0n) is 23.3. The van der Waals surface area contributed by atoms with Crippen LogP contribution in [0.25, 0.3) is 28.1 Å². The lowest BCUT2D eigenvalue weighted by atomic mass is 10.1. The number of nitrogens with zero attached hydrogens (tertiary/aromatic N) is 4. The van der Waals surface area contributed by atoms with Gasteiger partial charge in [-0.05, 0) is 67.6 Å². The van der Waals surface area contributed by atoms with Crippen LogP contribution in [0.2, 0.25) is 0 Å². The predicted octanol–water partition coefficient (Wildman–Crippen LogP) is 6.09. The largest absolute Gasteiger partial charge is 0.573 e. The third-order valence-electron chi connectivity index (χ3n) is 6.47. The first-order valence-corrected chi connectivity index (χ1v) is 12.8. The Balaban J connectivity index is 1.78. The number of rotatable bonds is 9. The minimum absolute atomic E-state index is 0.174. The van der Waals surface area contributed by atoms with Gasteiger partial charge in [0.25, 0.3) is 0 Å². The minimum atomic E-state index is -4.79. The van der Waals surface area contributed by atoms with E-state index in [0.29, 0.717) is 45.2 Å². The third-order valence-corrected chi connectivity index (χ3v) is 6.47. The fraction of sp³-hybridized carbons (Fsp3) is 0.233. The van der Waals surface area contributed by atoms with Crippen LogP contribution < -0.4 is 20.1 Å². The number of benzene rings is 3.